The highest BCUT2D eigenvalue weighted by Gasteiger charge is 2.23. The van der Waals surface area contributed by atoms with Gasteiger partial charge in [-0.15, -0.1) is 0 Å². The highest BCUT2D eigenvalue weighted by molar-refractivity contribution is 7.99. The first-order valence-corrected chi connectivity index (χ1v) is 6.79. The second kappa shape index (κ2) is 5.61. The van der Waals surface area contributed by atoms with Crippen molar-refractivity contribution >= 4 is 11.8 Å². The molecule has 0 bridgehead atoms. The minimum atomic E-state index is 0.712. The Morgan fingerprint density at radius 2 is 2.47 bits per heavy atom. The third-order valence-electron chi connectivity index (χ3n) is 2.96. The van der Waals surface area contributed by atoms with Crippen molar-refractivity contribution in [3.05, 3.63) is 24.2 Å². The molecule has 0 amide bonds. The third-order valence-corrected chi connectivity index (χ3v) is 4.19. The SMILES string of the molecule is CCSC1CCC(NCc2ccoc2)C1. The fourth-order valence-corrected chi connectivity index (χ4v) is 3.31. The fraction of sp³-hybridized carbons (Fsp3) is 0.667. The molecule has 1 aliphatic carbocycles. The lowest BCUT2D eigenvalue weighted by Gasteiger charge is -2.11. The lowest BCUT2D eigenvalue weighted by Crippen LogP contribution is -2.25. The predicted molar refractivity (Wildman–Crippen MR) is 65.1 cm³/mol. The molecule has 1 fully saturated rings. The first-order valence-electron chi connectivity index (χ1n) is 5.74. The van der Waals surface area contributed by atoms with Crippen LogP contribution in [0.1, 0.15) is 31.7 Å². The number of hydrogen-bond donors (Lipinski definition) is 1. The Morgan fingerprint density at radius 3 is 3.20 bits per heavy atom. The van der Waals surface area contributed by atoms with Crippen molar-refractivity contribution in [3.8, 4) is 0 Å². The molecule has 0 aromatic carbocycles. The van der Waals surface area contributed by atoms with E-state index in [0.29, 0.717) is 6.04 Å². The summed E-state index contributed by atoms with van der Waals surface area (Å²) < 4.78 is 5.05. The Labute approximate surface area is 95.8 Å². The molecule has 0 saturated heterocycles. The Balaban J connectivity index is 1.69. The van der Waals surface area contributed by atoms with E-state index in [1.54, 1.807) is 6.26 Å². The lowest BCUT2D eigenvalue weighted by molar-refractivity contribution is 0.517. The van der Waals surface area contributed by atoms with Gasteiger partial charge in [0.1, 0.15) is 0 Å². The first kappa shape index (κ1) is 11.1. The molecule has 3 heteroatoms. The lowest BCUT2D eigenvalue weighted by atomic mass is 10.2. The van der Waals surface area contributed by atoms with E-state index in [1.165, 1.54) is 30.6 Å². The monoisotopic (exact) mass is 225 g/mol. The summed E-state index contributed by atoms with van der Waals surface area (Å²) in [5.41, 5.74) is 1.25. The van der Waals surface area contributed by atoms with Crippen LogP contribution >= 0.6 is 11.8 Å². The Morgan fingerprint density at radius 1 is 1.53 bits per heavy atom. The van der Waals surface area contributed by atoms with Gasteiger partial charge in [0.2, 0.25) is 0 Å². The molecule has 1 saturated carbocycles. The smallest absolute Gasteiger partial charge is 0.0947 e. The average Bonchev–Trinajstić information content (AvgIpc) is 2.85. The minimum Gasteiger partial charge on any atom is -0.472 e. The molecule has 1 aromatic rings. The summed E-state index contributed by atoms with van der Waals surface area (Å²) in [7, 11) is 0. The molecule has 84 valence electrons. The molecule has 2 nitrogen and oxygen atoms in total. The second-order valence-electron chi connectivity index (χ2n) is 4.10. The van der Waals surface area contributed by atoms with E-state index in [-0.39, 0.29) is 0 Å². The Kier molecular flexibility index (Phi) is 4.15. The molecule has 1 N–H and O–H groups in total. The highest BCUT2D eigenvalue weighted by atomic mass is 32.2. The van der Waals surface area contributed by atoms with Gasteiger partial charge in [0, 0.05) is 23.4 Å². The number of hydrogen-bond acceptors (Lipinski definition) is 3. The van der Waals surface area contributed by atoms with Crippen LogP contribution in [0, 0.1) is 0 Å². The van der Waals surface area contributed by atoms with Crippen molar-refractivity contribution in [1.29, 1.82) is 0 Å². The molecule has 15 heavy (non-hydrogen) atoms. The fourth-order valence-electron chi connectivity index (χ4n) is 2.17. The van der Waals surface area contributed by atoms with Crippen LogP contribution in [-0.4, -0.2) is 17.0 Å². The maximum Gasteiger partial charge on any atom is 0.0947 e. The Hall–Kier alpha value is -0.410. The van der Waals surface area contributed by atoms with E-state index in [2.05, 4.69) is 24.0 Å². The maximum absolute atomic E-state index is 5.05. The van der Waals surface area contributed by atoms with Crippen molar-refractivity contribution < 1.29 is 4.42 Å². The van der Waals surface area contributed by atoms with E-state index < -0.39 is 0 Å². The zero-order valence-electron chi connectivity index (χ0n) is 9.24. The van der Waals surface area contributed by atoms with Crippen molar-refractivity contribution in [1.82, 2.24) is 5.32 Å². The summed E-state index contributed by atoms with van der Waals surface area (Å²) in [6, 6.07) is 2.74. The maximum atomic E-state index is 5.05. The summed E-state index contributed by atoms with van der Waals surface area (Å²) in [5, 5.41) is 4.49. The van der Waals surface area contributed by atoms with E-state index in [0.717, 1.165) is 11.8 Å². The first-order chi connectivity index (χ1) is 7.38. The molecule has 2 atom stereocenters. The minimum absolute atomic E-state index is 0.712. The molecular formula is C12H19NOS. The van der Waals surface area contributed by atoms with Gasteiger partial charge >= 0.3 is 0 Å². The number of nitrogens with one attached hydrogen (secondary N) is 1. The van der Waals surface area contributed by atoms with Crippen LogP contribution in [0.4, 0.5) is 0 Å². The van der Waals surface area contributed by atoms with Crippen LogP contribution in [0.25, 0.3) is 0 Å². The number of rotatable bonds is 5. The largest absolute Gasteiger partial charge is 0.472 e. The normalized spacial score (nSPS) is 25.9. The van der Waals surface area contributed by atoms with Crippen LogP contribution in [0.15, 0.2) is 23.0 Å². The van der Waals surface area contributed by atoms with Gasteiger partial charge in [-0.2, -0.15) is 11.8 Å². The molecule has 0 spiro atoms. The summed E-state index contributed by atoms with van der Waals surface area (Å²) in [6.45, 7) is 3.20. The van der Waals surface area contributed by atoms with E-state index in [4.69, 9.17) is 4.42 Å². The van der Waals surface area contributed by atoms with E-state index in [9.17, 15) is 0 Å². The van der Waals surface area contributed by atoms with Gasteiger partial charge in [0.15, 0.2) is 0 Å². The van der Waals surface area contributed by atoms with Crippen LogP contribution < -0.4 is 5.32 Å². The predicted octanol–water partition coefficient (Wildman–Crippen LogP) is 3.04. The van der Waals surface area contributed by atoms with Crippen molar-refractivity contribution in [2.45, 2.75) is 44.0 Å². The molecule has 1 heterocycles. The molecule has 2 unspecified atom stereocenters. The van der Waals surface area contributed by atoms with E-state index in [1.807, 2.05) is 12.3 Å². The molecule has 0 radical (unpaired) electrons. The number of thioether (sulfide) groups is 1. The van der Waals surface area contributed by atoms with Gasteiger partial charge in [0.05, 0.1) is 12.5 Å². The second-order valence-corrected chi connectivity index (χ2v) is 5.68. The summed E-state index contributed by atoms with van der Waals surface area (Å²) in [6.07, 6.45) is 7.59. The zero-order chi connectivity index (χ0) is 10.5. The summed E-state index contributed by atoms with van der Waals surface area (Å²) in [4.78, 5) is 0. The van der Waals surface area contributed by atoms with Crippen molar-refractivity contribution in [2.75, 3.05) is 5.75 Å². The molecule has 0 aliphatic heterocycles. The van der Waals surface area contributed by atoms with Gasteiger partial charge in [0.25, 0.3) is 0 Å². The van der Waals surface area contributed by atoms with Crippen molar-refractivity contribution in [3.63, 3.8) is 0 Å². The van der Waals surface area contributed by atoms with Gasteiger partial charge in [-0.3, -0.25) is 0 Å². The topological polar surface area (TPSA) is 25.2 Å². The zero-order valence-corrected chi connectivity index (χ0v) is 10.1. The quantitative estimate of drug-likeness (QED) is 0.834. The summed E-state index contributed by atoms with van der Waals surface area (Å²) in [5.74, 6) is 1.25. The van der Waals surface area contributed by atoms with E-state index >= 15 is 0 Å². The Bertz CT molecular complexity index is 273. The van der Waals surface area contributed by atoms with Crippen LogP contribution in [-0.2, 0) is 6.54 Å². The average molecular weight is 225 g/mol. The van der Waals surface area contributed by atoms with Gasteiger partial charge < -0.3 is 9.73 Å². The highest BCUT2D eigenvalue weighted by Crippen LogP contribution is 2.29. The molecule has 1 aromatic heterocycles. The molecular weight excluding hydrogens is 206 g/mol. The molecule has 1 aliphatic rings. The standard InChI is InChI=1S/C12H19NOS/c1-2-15-12-4-3-11(7-12)13-8-10-5-6-14-9-10/h5-6,9,11-13H,2-4,7-8H2,1H3. The van der Waals surface area contributed by atoms with Gasteiger partial charge in [-0.25, -0.2) is 0 Å². The van der Waals surface area contributed by atoms with Crippen molar-refractivity contribution in [2.24, 2.45) is 0 Å². The third kappa shape index (κ3) is 3.28. The summed E-state index contributed by atoms with van der Waals surface area (Å²) >= 11 is 2.11. The van der Waals surface area contributed by atoms with Crippen LogP contribution in [0.2, 0.25) is 0 Å². The number of furan rings is 1. The van der Waals surface area contributed by atoms with Gasteiger partial charge in [-0.05, 0) is 31.1 Å². The van der Waals surface area contributed by atoms with Crippen LogP contribution in [0.5, 0.6) is 0 Å². The van der Waals surface area contributed by atoms with Gasteiger partial charge in [-0.1, -0.05) is 6.92 Å². The van der Waals surface area contributed by atoms with Crippen LogP contribution in [0.3, 0.4) is 0 Å². The molecule has 2 rings (SSSR count).